The molecule has 0 saturated carbocycles. The SMILES string of the molecule is COc1cc(C2c3sc(=S)[nH]c3SCC2C=O)ccc1O. The van der Waals surface area contributed by atoms with Crippen LogP contribution in [0.15, 0.2) is 23.2 Å². The molecule has 1 aliphatic heterocycles. The van der Waals surface area contributed by atoms with Crippen LogP contribution in [-0.4, -0.2) is 29.2 Å². The highest BCUT2D eigenvalue weighted by Crippen LogP contribution is 2.46. The molecule has 110 valence electrons. The Morgan fingerprint density at radius 1 is 1.52 bits per heavy atom. The van der Waals surface area contributed by atoms with Gasteiger partial charge >= 0.3 is 0 Å². The van der Waals surface area contributed by atoms with E-state index in [1.807, 2.05) is 6.07 Å². The first-order valence-electron chi connectivity index (χ1n) is 6.32. The summed E-state index contributed by atoms with van der Waals surface area (Å²) in [5.41, 5.74) is 0.952. The van der Waals surface area contributed by atoms with Gasteiger partial charge in [-0.3, -0.25) is 0 Å². The summed E-state index contributed by atoms with van der Waals surface area (Å²) in [5, 5.41) is 10.8. The van der Waals surface area contributed by atoms with Crippen LogP contribution in [-0.2, 0) is 4.79 Å². The highest BCUT2D eigenvalue weighted by Gasteiger charge is 2.33. The first kappa shape index (κ1) is 14.6. The van der Waals surface area contributed by atoms with Crippen LogP contribution in [0.1, 0.15) is 16.4 Å². The van der Waals surface area contributed by atoms with Gasteiger partial charge in [0.25, 0.3) is 0 Å². The standard InChI is InChI=1S/C14H13NO3S3/c1-18-10-4-7(2-3-9(10)17)11-8(5-16)6-20-13-12(11)21-14(19)15-13/h2-5,8,11,17H,6H2,1H3,(H,15,19). The van der Waals surface area contributed by atoms with Gasteiger partial charge in [0, 0.05) is 22.5 Å². The number of carbonyl (C=O) groups is 1. The van der Waals surface area contributed by atoms with Crippen molar-refractivity contribution < 1.29 is 14.6 Å². The number of thiazole rings is 1. The molecule has 21 heavy (non-hydrogen) atoms. The molecule has 0 fully saturated rings. The number of H-pyrrole nitrogens is 1. The fourth-order valence-corrected chi connectivity index (χ4v) is 5.32. The van der Waals surface area contributed by atoms with Gasteiger partial charge in [-0.05, 0) is 29.9 Å². The van der Waals surface area contributed by atoms with E-state index in [1.54, 1.807) is 23.9 Å². The summed E-state index contributed by atoms with van der Waals surface area (Å²) in [6.07, 6.45) is 1.00. The van der Waals surface area contributed by atoms with Gasteiger partial charge in [0.1, 0.15) is 6.29 Å². The largest absolute Gasteiger partial charge is 0.504 e. The number of nitrogens with one attached hydrogen (secondary N) is 1. The number of aldehydes is 1. The number of methoxy groups -OCH3 is 1. The average molecular weight is 339 g/mol. The van der Waals surface area contributed by atoms with Crippen molar-refractivity contribution in [1.82, 2.24) is 4.98 Å². The number of phenolic OH excluding ortho intramolecular Hbond substituents is 1. The number of benzene rings is 1. The molecule has 4 nitrogen and oxygen atoms in total. The minimum atomic E-state index is -0.113. The van der Waals surface area contributed by atoms with Crippen LogP contribution in [0.3, 0.4) is 0 Å². The maximum absolute atomic E-state index is 11.5. The van der Waals surface area contributed by atoms with Crippen molar-refractivity contribution in [3.05, 3.63) is 32.6 Å². The lowest BCUT2D eigenvalue weighted by molar-refractivity contribution is -0.110. The summed E-state index contributed by atoms with van der Waals surface area (Å²) < 4.78 is 5.89. The monoisotopic (exact) mass is 339 g/mol. The number of hydrogen-bond acceptors (Lipinski definition) is 6. The maximum Gasteiger partial charge on any atom is 0.160 e. The number of rotatable bonds is 3. The third-order valence-corrected chi connectivity index (χ3v) is 6.12. The molecule has 0 aliphatic carbocycles. The average Bonchev–Trinajstić information content (AvgIpc) is 2.87. The molecule has 0 amide bonds. The Kier molecular flexibility index (Phi) is 4.05. The second-order valence-corrected chi connectivity index (χ2v) is 7.48. The number of aromatic amines is 1. The fourth-order valence-electron chi connectivity index (χ4n) is 2.51. The van der Waals surface area contributed by atoms with Gasteiger partial charge in [0.15, 0.2) is 15.5 Å². The van der Waals surface area contributed by atoms with Crippen LogP contribution < -0.4 is 4.74 Å². The normalized spacial score (nSPS) is 20.8. The van der Waals surface area contributed by atoms with Crippen molar-refractivity contribution in [2.45, 2.75) is 10.9 Å². The van der Waals surface area contributed by atoms with Crippen LogP contribution in [0.5, 0.6) is 11.5 Å². The Labute approximate surface area is 135 Å². The van der Waals surface area contributed by atoms with Crippen LogP contribution in [0.4, 0.5) is 0 Å². The molecule has 7 heteroatoms. The minimum absolute atomic E-state index is 0.0498. The lowest BCUT2D eigenvalue weighted by atomic mass is 9.86. The number of carbonyl (C=O) groups excluding carboxylic acids is 1. The fraction of sp³-hybridized carbons (Fsp3) is 0.286. The molecule has 2 heterocycles. The highest BCUT2D eigenvalue weighted by atomic mass is 32.2. The molecule has 0 radical (unpaired) electrons. The molecule has 3 rings (SSSR count). The zero-order valence-electron chi connectivity index (χ0n) is 11.2. The molecule has 0 saturated heterocycles. The summed E-state index contributed by atoms with van der Waals surface area (Å²) in [4.78, 5) is 15.7. The predicted octanol–water partition coefficient (Wildman–Crippen LogP) is 3.57. The van der Waals surface area contributed by atoms with Crippen molar-refractivity contribution >= 4 is 41.6 Å². The Bertz CT molecular complexity index is 737. The van der Waals surface area contributed by atoms with E-state index in [9.17, 15) is 9.90 Å². The van der Waals surface area contributed by atoms with E-state index < -0.39 is 0 Å². The van der Waals surface area contributed by atoms with Gasteiger partial charge in [-0.15, -0.1) is 23.1 Å². The maximum atomic E-state index is 11.5. The molecule has 2 aromatic rings. The number of phenols is 1. The molecule has 2 unspecified atom stereocenters. The summed E-state index contributed by atoms with van der Waals surface area (Å²) in [6, 6.07) is 5.23. The predicted molar refractivity (Wildman–Crippen MR) is 86.3 cm³/mol. The number of thioether (sulfide) groups is 1. The smallest absolute Gasteiger partial charge is 0.160 e. The van der Waals surface area contributed by atoms with Gasteiger partial charge in [-0.25, -0.2) is 0 Å². The summed E-state index contributed by atoms with van der Waals surface area (Å²) in [5.74, 6) is 1.06. The lowest BCUT2D eigenvalue weighted by Gasteiger charge is -2.27. The molecule has 1 aromatic heterocycles. The number of aromatic nitrogens is 1. The minimum Gasteiger partial charge on any atom is -0.504 e. The Hall–Kier alpha value is -1.31. The Morgan fingerprint density at radius 2 is 2.33 bits per heavy atom. The van der Waals surface area contributed by atoms with Crippen LogP contribution in [0.25, 0.3) is 0 Å². The summed E-state index contributed by atoms with van der Waals surface area (Å²) in [6.45, 7) is 0. The molecule has 0 spiro atoms. The lowest BCUT2D eigenvalue weighted by Crippen LogP contribution is -2.21. The first-order valence-corrected chi connectivity index (χ1v) is 8.53. The van der Waals surface area contributed by atoms with E-state index in [2.05, 4.69) is 4.98 Å². The van der Waals surface area contributed by atoms with E-state index in [-0.39, 0.29) is 17.6 Å². The Balaban J connectivity index is 2.13. The van der Waals surface area contributed by atoms with Crippen molar-refractivity contribution in [1.29, 1.82) is 0 Å². The number of ether oxygens (including phenoxy) is 1. The molecule has 2 N–H and O–H groups in total. The first-order chi connectivity index (χ1) is 10.1. The van der Waals surface area contributed by atoms with Crippen LogP contribution in [0.2, 0.25) is 0 Å². The van der Waals surface area contributed by atoms with E-state index >= 15 is 0 Å². The van der Waals surface area contributed by atoms with Crippen molar-refractivity contribution in [3.8, 4) is 11.5 Å². The van der Waals surface area contributed by atoms with Gasteiger partial charge in [0.2, 0.25) is 0 Å². The van der Waals surface area contributed by atoms with E-state index in [4.69, 9.17) is 17.0 Å². The zero-order chi connectivity index (χ0) is 15.0. The second-order valence-electron chi connectivity index (χ2n) is 4.73. The van der Waals surface area contributed by atoms with Crippen LogP contribution in [0, 0.1) is 9.87 Å². The van der Waals surface area contributed by atoms with E-state index in [0.29, 0.717) is 11.5 Å². The molecule has 2 atom stereocenters. The molecular weight excluding hydrogens is 326 g/mol. The number of fused-ring (bicyclic) bond motifs is 1. The van der Waals surface area contributed by atoms with Gasteiger partial charge < -0.3 is 19.6 Å². The van der Waals surface area contributed by atoms with E-state index in [0.717, 1.165) is 25.7 Å². The van der Waals surface area contributed by atoms with Crippen molar-refractivity contribution in [2.75, 3.05) is 12.9 Å². The Morgan fingerprint density at radius 3 is 3.05 bits per heavy atom. The topological polar surface area (TPSA) is 62.3 Å². The second kappa shape index (κ2) is 5.82. The van der Waals surface area contributed by atoms with Crippen molar-refractivity contribution in [2.24, 2.45) is 5.92 Å². The van der Waals surface area contributed by atoms with Crippen LogP contribution >= 0.6 is 35.3 Å². The molecular formula is C14H13NO3S3. The molecule has 1 aromatic carbocycles. The van der Waals surface area contributed by atoms with E-state index in [1.165, 1.54) is 18.4 Å². The van der Waals surface area contributed by atoms with Gasteiger partial charge in [-0.1, -0.05) is 6.07 Å². The third kappa shape index (κ3) is 2.61. The molecule has 1 aliphatic rings. The number of hydrogen-bond donors (Lipinski definition) is 2. The summed E-state index contributed by atoms with van der Waals surface area (Å²) in [7, 11) is 1.51. The zero-order valence-corrected chi connectivity index (χ0v) is 13.6. The number of aromatic hydroxyl groups is 1. The van der Waals surface area contributed by atoms with Crippen molar-refractivity contribution in [3.63, 3.8) is 0 Å². The molecule has 0 bridgehead atoms. The van der Waals surface area contributed by atoms with Gasteiger partial charge in [-0.2, -0.15) is 0 Å². The highest BCUT2D eigenvalue weighted by molar-refractivity contribution is 7.99. The summed E-state index contributed by atoms with van der Waals surface area (Å²) >= 11 is 8.36. The third-order valence-electron chi connectivity index (χ3n) is 3.51. The van der Waals surface area contributed by atoms with Gasteiger partial charge in [0.05, 0.1) is 12.1 Å². The quantitative estimate of drug-likeness (QED) is 0.661.